The first-order chi connectivity index (χ1) is 4.74. The fourth-order valence-corrected chi connectivity index (χ4v) is 2.47. The van der Waals surface area contributed by atoms with E-state index < -0.39 is 0 Å². The molecule has 1 fully saturated rings. The lowest BCUT2D eigenvalue weighted by Gasteiger charge is -2.03. The molecule has 1 aliphatic heterocycles. The van der Waals surface area contributed by atoms with Crippen LogP contribution < -0.4 is 0 Å². The molecule has 1 aliphatic rings. The van der Waals surface area contributed by atoms with Crippen LogP contribution in [-0.4, -0.2) is 24.1 Å². The second-order valence-corrected chi connectivity index (χ2v) is 3.92. The van der Waals surface area contributed by atoms with Crippen LogP contribution in [0.3, 0.4) is 0 Å². The third-order valence-electron chi connectivity index (χ3n) is 1.66. The highest BCUT2D eigenvalue weighted by molar-refractivity contribution is 8.00. The van der Waals surface area contributed by atoms with Gasteiger partial charge in [0, 0.05) is 0 Å². The SMILES string of the molecule is COC(=O)[C@H]1C[C@H](C)CS1. The van der Waals surface area contributed by atoms with Gasteiger partial charge in [-0.2, -0.15) is 0 Å². The second kappa shape index (κ2) is 3.28. The number of esters is 1. The molecule has 1 heterocycles. The third-order valence-corrected chi connectivity index (χ3v) is 3.21. The Hall–Kier alpha value is -0.180. The molecule has 0 radical (unpaired) electrons. The molecule has 0 N–H and O–H groups in total. The molecular formula is C7H12O2S. The summed E-state index contributed by atoms with van der Waals surface area (Å²) in [7, 11) is 1.45. The molecule has 10 heavy (non-hydrogen) atoms. The summed E-state index contributed by atoms with van der Waals surface area (Å²) in [6.45, 7) is 2.16. The standard InChI is InChI=1S/C7H12O2S/c1-5-3-6(10-4-5)7(8)9-2/h5-6H,3-4H2,1-2H3/t5-,6+/m0/s1. The first kappa shape index (κ1) is 7.92. The Balaban J connectivity index is 2.37. The molecular weight excluding hydrogens is 148 g/mol. The van der Waals surface area contributed by atoms with Gasteiger partial charge in [0.15, 0.2) is 0 Å². The van der Waals surface area contributed by atoms with Crippen LogP contribution in [0.1, 0.15) is 13.3 Å². The number of hydrogen-bond donors (Lipinski definition) is 0. The summed E-state index contributed by atoms with van der Waals surface area (Å²) in [5.41, 5.74) is 0. The van der Waals surface area contributed by atoms with E-state index in [2.05, 4.69) is 11.7 Å². The van der Waals surface area contributed by atoms with E-state index in [-0.39, 0.29) is 11.2 Å². The smallest absolute Gasteiger partial charge is 0.318 e. The molecule has 58 valence electrons. The maximum atomic E-state index is 10.9. The molecule has 0 aromatic heterocycles. The first-order valence-corrected chi connectivity index (χ1v) is 4.48. The van der Waals surface area contributed by atoms with Crippen LogP contribution in [0, 0.1) is 5.92 Å². The van der Waals surface area contributed by atoms with Gasteiger partial charge in [-0.3, -0.25) is 4.79 Å². The highest BCUT2D eigenvalue weighted by atomic mass is 32.2. The number of thioether (sulfide) groups is 1. The monoisotopic (exact) mass is 160 g/mol. The number of methoxy groups -OCH3 is 1. The van der Waals surface area contributed by atoms with Crippen molar-refractivity contribution in [2.45, 2.75) is 18.6 Å². The molecule has 0 aliphatic carbocycles. The molecule has 1 saturated heterocycles. The third kappa shape index (κ3) is 1.66. The predicted molar refractivity (Wildman–Crippen MR) is 42.0 cm³/mol. The van der Waals surface area contributed by atoms with Crippen molar-refractivity contribution in [1.29, 1.82) is 0 Å². The normalized spacial score (nSPS) is 32.2. The van der Waals surface area contributed by atoms with Gasteiger partial charge in [0.25, 0.3) is 0 Å². The highest BCUT2D eigenvalue weighted by Crippen LogP contribution is 2.31. The number of carbonyl (C=O) groups excluding carboxylic acids is 1. The quantitative estimate of drug-likeness (QED) is 0.541. The van der Waals surface area contributed by atoms with Crippen LogP contribution in [0.4, 0.5) is 0 Å². The Bertz CT molecular complexity index is 136. The molecule has 0 aromatic carbocycles. The lowest BCUT2D eigenvalue weighted by Crippen LogP contribution is -2.15. The van der Waals surface area contributed by atoms with Crippen molar-refractivity contribution in [2.24, 2.45) is 5.92 Å². The molecule has 2 atom stereocenters. The van der Waals surface area contributed by atoms with Crippen LogP contribution in [0.25, 0.3) is 0 Å². The molecule has 0 unspecified atom stereocenters. The van der Waals surface area contributed by atoms with Gasteiger partial charge in [-0.05, 0) is 18.1 Å². The molecule has 3 heteroatoms. The molecule has 2 nitrogen and oxygen atoms in total. The summed E-state index contributed by atoms with van der Waals surface area (Å²) >= 11 is 1.71. The van der Waals surface area contributed by atoms with Gasteiger partial charge >= 0.3 is 5.97 Å². The van der Waals surface area contributed by atoms with E-state index in [4.69, 9.17) is 0 Å². The van der Waals surface area contributed by atoms with Crippen molar-refractivity contribution in [3.05, 3.63) is 0 Å². The van der Waals surface area contributed by atoms with E-state index in [1.807, 2.05) is 0 Å². The zero-order chi connectivity index (χ0) is 7.56. The first-order valence-electron chi connectivity index (χ1n) is 3.43. The van der Waals surface area contributed by atoms with Gasteiger partial charge in [0.2, 0.25) is 0 Å². The Kier molecular flexibility index (Phi) is 2.60. The number of ether oxygens (including phenoxy) is 1. The van der Waals surface area contributed by atoms with Crippen molar-refractivity contribution in [1.82, 2.24) is 0 Å². The van der Waals surface area contributed by atoms with Gasteiger partial charge in [-0.1, -0.05) is 6.92 Å². The average molecular weight is 160 g/mol. The van der Waals surface area contributed by atoms with E-state index in [0.29, 0.717) is 5.92 Å². The molecule has 0 spiro atoms. The van der Waals surface area contributed by atoms with Gasteiger partial charge < -0.3 is 4.74 Å². The van der Waals surface area contributed by atoms with E-state index in [1.54, 1.807) is 11.8 Å². The Morgan fingerprint density at radius 2 is 2.40 bits per heavy atom. The summed E-state index contributed by atoms with van der Waals surface area (Å²) in [5.74, 6) is 1.71. The summed E-state index contributed by atoms with van der Waals surface area (Å²) < 4.78 is 4.62. The Morgan fingerprint density at radius 3 is 2.80 bits per heavy atom. The zero-order valence-electron chi connectivity index (χ0n) is 6.29. The van der Waals surface area contributed by atoms with Crippen LogP contribution in [-0.2, 0) is 9.53 Å². The van der Waals surface area contributed by atoms with Gasteiger partial charge in [-0.25, -0.2) is 0 Å². The summed E-state index contributed by atoms with van der Waals surface area (Å²) in [5, 5.41) is 0.111. The van der Waals surface area contributed by atoms with Crippen molar-refractivity contribution < 1.29 is 9.53 Å². The van der Waals surface area contributed by atoms with E-state index in [0.717, 1.165) is 12.2 Å². The van der Waals surface area contributed by atoms with Crippen LogP contribution >= 0.6 is 11.8 Å². The second-order valence-electron chi connectivity index (χ2n) is 2.69. The topological polar surface area (TPSA) is 26.3 Å². The van der Waals surface area contributed by atoms with E-state index >= 15 is 0 Å². The minimum Gasteiger partial charge on any atom is -0.468 e. The molecule has 0 bridgehead atoms. The van der Waals surface area contributed by atoms with Crippen LogP contribution in [0.15, 0.2) is 0 Å². The number of hydrogen-bond acceptors (Lipinski definition) is 3. The Labute approximate surface area is 65.3 Å². The highest BCUT2D eigenvalue weighted by Gasteiger charge is 2.28. The van der Waals surface area contributed by atoms with Gasteiger partial charge in [0.1, 0.15) is 5.25 Å². The van der Waals surface area contributed by atoms with Gasteiger partial charge in [0.05, 0.1) is 7.11 Å². The molecule has 0 amide bonds. The van der Waals surface area contributed by atoms with E-state index in [1.165, 1.54) is 7.11 Å². The van der Waals surface area contributed by atoms with Crippen LogP contribution in [0.5, 0.6) is 0 Å². The largest absolute Gasteiger partial charge is 0.468 e. The summed E-state index contributed by atoms with van der Waals surface area (Å²) in [6, 6.07) is 0. The van der Waals surface area contributed by atoms with Crippen molar-refractivity contribution in [3.63, 3.8) is 0 Å². The summed E-state index contributed by atoms with van der Waals surface area (Å²) in [6.07, 6.45) is 0.983. The van der Waals surface area contributed by atoms with Crippen molar-refractivity contribution in [2.75, 3.05) is 12.9 Å². The maximum absolute atomic E-state index is 10.9. The number of rotatable bonds is 1. The maximum Gasteiger partial charge on any atom is 0.318 e. The molecule has 0 aromatic rings. The lowest BCUT2D eigenvalue weighted by atomic mass is 10.1. The zero-order valence-corrected chi connectivity index (χ0v) is 7.11. The fourth-order valence-electron chi connectivity index (χ4n) is 1.08. The lowest BCUT2D eigenvalue weighted by molar-refractivity contribution is -0.140. The Morgan fingerprint density at radius 1 is 1.70 bits per heavy atom. The van der Waals surface area contributed by atoms with E-state index in [9.17, 15) is 4.79 Å². The van der Waals surface area contributed by atoms with Crippen molar-refractivity contribution >= 4 is 17.7 Å². The fraction of sp³-hybridized carbons (Fsp3) is 0.857. The minimum absolute atomic E-state index is 0.0608. The average Bonchev–Trinajstić information content (AvgIpc) is 2.34. The molecule has 0 saturated carbocycles. The van der Waals surface area contributed by atoms with Crippen molar-refractivity contribution in [3.8, 4) is 0 Å². The molecule has 1 rings (SSSR count). The minimum atomic E-state index is -0.0608. The number of carbonyl (C=O) groups is 1. The van der Waals surface area contributed by atoms with Crippen LogP contribution in [0.2, 0.25) is 0 Å². The summed E-state index contributed by atoms with van der Waals surface area (Å²) in [4.78, 5) is 10.9. The van der Waals surface area contributed by atoms with Gasteiger partial charge in [-0.15, -0.1) is 11.8 Å². The predicted octanol–water partition coefficient (Wildman–Crippen LogP) is 1.30.